The monoisotopic (exact) mass is 449 g/mol. The number of aromatic nitrogens is 4. The van der Waals surface area contributed by atoms with Gasteiger partial charge in [0.1, 0.15) is 11.9 Å². The minimum atomic E-state index is -4.95. The summed E-state index contributed by atoms with van der Waals surface area (Å²) in [7, 11) is -3.70. The van der Waals surface area contributed by atoms with Crippen molar-refractivity contribution in [3.63, 3.8) is 0 Å². The molecule has 2 atom stereocenters. The zero-order valence-corrected chi connectivity index (χ0v) is 21.2. The first kappa shape index (κ1) is 28.5. The number of carbonyl (C=O) groups is 3. The van der Waals surface area contributed by atoms with Crippen LogP contribution in [0.4, 0.5) is 0 Å². The van der Waals surface area contributed by atoms with Crippen LogP contribution >= 0.6 is 0 Å². The number of ketones is 1. The Morgan fingerprint density at radius 3 is 2.52 bits per heavy atom. The number of nitrogens with one attached hydrogen (secondary N) is 1. The van der Waals surface area contributed by atoms with Crippen LogP contribution in [0.25, 0.3) is 0 Å². The number of Topliss-reactive ketones (excluding diaryl/α,β-unsaturated/α-hetero) is 1. The number of carbonyl (C=O) groups excluding carboxylic acids is 3. The number of hydroxylamine groups is 2. The van der Waals surface area contributed by atoms with Crippen LogP contribution in [0.1, 0.15) is 30.4 Å². The molecule has 2 amide bonds. The minimum Gasteiger partial charge on any atom is -0.724 e. The molecule has 0 aliphatic carbocycles. The van der Waals surface area contributed by atoms with E-state index in [1.807, 2.05) is 0 Å². The largest absolute Gasteiger partial charge is 1.00 e. The number of likely N-dealkylation sites (N-methyl/N-ethyl adjacent to an activating group) is 1. The van der Waals surface area contributed by atoms with Crippen LogP contribution in [0.2, 0.25) is 0 Å². The Kier molecular flexibility index (Phi) is 12.2. The van der Waals surface area contributed by atoms with E-state index in [4.69, 9.17) is 0 Å². The molecular weight excluding hydrogens is 432 g/mol. The fourth-order valence-corrected chi connectivity index (χ4v) is 3.10. The molecule has 1 saturated heterocycles. The summed E-state index contributed by atoms with van der Waals surface area (Å²) in [5.74, 6) is -1.83. The van der Waals surface area contributed by atoms with Crippen LogP contribution in [-0.2, 0) is 24.3 Å². The van der Waals surface area contributed by atoms with E-state index in [9.17, 15) is 27.4 Å². The number of piperidine rings is 1. The number of hydrogen-bond donors (Lipinski definition) is 1. The summed E-state index contributed by atoms with van der Waals surface area (Å²) in [6, 6.07) is -1.46. The molecular formula is C12H17N7Na2O7S. The summed E-state index contributed by atoms with van der Waals surface area (Å²) in [6.07, 6.45) is 0.453. The van der Waals surface area contributed by atoms with Gasteiger partial charge in [-0.1, -0.05) is 0 Å². The molecule has 0 spiro atoms. The van der Waals surface area contributed by atoms with Crippen molar-refractivity contribution >= 4 is 28.0 Å². The van der Waals surface area contributed by atoms with Gasteiger partial charge in [0.15, 0.2) is 5.78 Å². The van der Waals surface area contributed by atoms with E-state index in [2.05, 4.69) is 30.2 Å². The molecule has 0 bridgehead atoms. The molecule has 1 aliphatic heterocycles. The van der Waals surface area contributed by atoms with Crippen molar-refractivity contribution in [3.8, 4) is 0 Å². The summed E-state index contributed by atoms with van der Waals surface area (Å²) >= 11 is 0. The van der Waals surface area contributed by atoms with E-state index in [0.717, 1.165) is 5.06 Å². The first-order valence-electron chi connectivity index (χ1n) is 7.73. The number of nitrogens with zero attached hydrogens (tertiary/aromatic N) is 6. The van der Waals surface area contributed by atoms with Gasteiger partial charge in [-0.25, -0.2) is 13.5 Å². The molecule has 0 radical (unpaired) electrons. The van der Waals surface area contributed by atoms with Crippen molar-refractivity contribution in [1.82, 2.24) is 35.9 Å². The maximum atomic E-state index is 12.4. The molecule has 1 aromatic heterocycles. The molecule has 0 unspecified atom stereocenters. The van der Waals surface area contributed by atoms with E-state index in [1.165, 1.54) is 18.9 Å². The standard InChI is InChI=1S/C12H19N7O7S.2Na/c1-7(20)19-6-8(18(2)26-27(23,24)25)3-4-9(19)12(22)13-5-10(21)11-14-16-17-15-11;;/h8-9H,3-6H2,1-2H3,(H3,13,14,15,16,17,21,22,23,24,25);;/q;2*+1/p-2/t8-,9+;;/m1../s1. The molecule has 1 fully saturated rings. The van der Waals surface area contributed by atoms with Gasteiger partial charge < -0.3 is 19.9 Å². The maximum Gasteiger partial charge on any atom is 1.00 e. The molecule has 1 aliphatic rings. The van der Waals surface area contributed by atoms with Gasteiger partial charge in [0.2, 0.25) is 22.2 Å². The average molecular weight is 449 g/mol. The average Bonchev–Trinajstić information content (AvgIpc) is 3.12. The smallest absolute Gasteiger partial charge is 0.724 e. The van der Waals surface area contributed by atoms with E-state index in [1.54, 1.807) is 0 Å². The molecule has 1 aromatic rings. The van der Waals surface area contributed by atoms with Gasteiger partial charge >= 0.3 is 59.1 Å². The second-order valence-electron chi connectivity index (χ2n) is 5.79. The van der Waals surface area contributed by atoms with Crippen LogP contribution < -0.4 is 69.6 Å². The van der Waals surface area contributed by atoms with Gasteiger partial charge in [-0.3, -0.25) is 24.8 Å². The van der Waals surface area contributed by atoms with Crippen molar-refractivity contribution in [3.05, 3.63) is 5.82 Å². The molecule has 1 N–H and O–H groups in total. The van der Waals surface area contributed by atoms with Crippen LogP contribution in [0.15, 0.2) is 0 Å². The molecule has 14 nitrogen and oxygen atoms in total. The Bertz CT molecular complexity index is 808. The quantitative estimate of drug-likeness (QED) is 0.136. The summed E-state index contributed by atoms with van der Waals surface area (Å²) in [5, 5.41) is 16.3. The minimum absolute atomic E-state index is 0. The third-order valence-corrected chi connectivity index (χ3v) is 4.40. The molecule has 0 saturated carbocycles. The van der Waals surface area contributed by atoms with E-state index in [-0.39, 0.29) is 84.3 Å². The third kappa shape index (κ3) is 8.64. The molecule has 17 heteroatoms. The second-order valence-corrected chi connectivity index (χ2v) is 6.76. The van der Waals surface area contributed by atoms with Crippen LogP contribution in [-0.4, -0.2) is 88.2 Å². The normalized spacial score (nSPS) is 19.1. The van der Waals surface area contributed by atoms with E-state index in [0.29, 0.717) is 0 Å². The fraction of sp³-hybridized carbons (Fsp3) is 0.667. The van der Waals surface area contributed by atoms with Crippen LogP contribution in [0.5, 0.6) is 0 Å². The Balaban J connectivity index is 0.00000392. The van der Waals surface area contributed by atoms with Crippen molar-refractivity contribution in [2.45, 2.75) is 31.8 Å². The topological polar surface area (TPSA) is 189 Å². The van der Waals surface area contributed by atoms with Crippen molar-refractivity contribution in [1.29, 1.82) is 0 Å². The van der Waals surface area contributed by atoms with Gasteiger partial charge in [0, 0.05) is 20.5 Å². The first-order valence-corrected chi connectivity index (χ1v) is 9.07. The summed E-state index contributed by atoms with van der Waals surface area (Å²) in [4.78, 5) is 37.3. The summed E-state index contributed by atoms with van der Waals surface area (Å²) in [5.41, 5.74) is 0. The molecule has 2 rings (SSSR count). The van der Waals surface area contributed by atoms with Gasteiger partial charge in [-0.2, -0.15) is 9.35 Å². The number of hydrogen-bond acceptors (Lipinski definition) is 11. The number of rotatable bonds is 7. The molecule has 150 valence electrons. The number of amides is 2. The number of tetrazole rings is 1. The molecule has 29 heavy (non-hydrogen) atoms. The van der Waals surface area contributed by atoms with E-state index >= 15 is 0 Å². The first-order chi connectivity index (χ1) is 12.6. The Morgan fingerprint density at radius 2 is 2.00 bits per heavy atom. The zero-order chi connectivity index (χ0) is 20.2. The number of likely N-dealkylation sites (tertiary alicyclic amines) is 1. The SMILES string of the molecule is CC(=O)N1C[C@H](N(C)OS(=O)(=O)[O-])CC[C@H]1C(=O)NCC(=O)c1nn[n-]n1.[Na+].[Na+]. The van der Waals surface area contributed by atoms with Crippen molar-refractivity contribution in [2.75, 3.05) is 20.1 Å². The van der Waals surface area contributed by atoms with Gasteiger partial charge in [0.25, 0.3) is 0 Å². The van der Waals surface area contributed by atoms with Gasteiger partial charge in [-0.05, 0) is 12.8 Å². The Morgan fingerprint density at radius 1 is 1.34 bits per heavy atom. The Labute approximate surface area is 210 Å². The third-order valence-electron chi connectivity index (χ3n) is 3.98. The van der Waals surface area contributed by atoms with Gasteiger partial charge in [-0.15, -0.1) is 0 Å². The molecule has 0 aromatic carbocycles. The van der Waals surface area contributed by atoms with Gasteiger partial charge in [0.05, 0.1) is 12.6 Å². The zero-order valence-electron chi connectivity index (χ0n) is 16.4. The summed E-state index contributed by atoms with van der Waals surface area (Å²) in [6.45, 7) is 0.816. The van der Waals surface area contributed by atoms with E-state index < -0.39 is 46.6 Å². The fourth-order valence-electron chi connectivity index (χ4n) is 2.69. The predicted molar refractivity (Wildman–Crippen MR) is 83.2 cm³/mol. The predicted octanol–water partition coefficient (Wildman–Crippen LogP) is -9.16. The van der Waals surface area contributed by atoms with Crippen molar-refractivity contribution in [2.24, 2.45) is 0 Å². The summed E-state index contributed by atoms with van der Waals surface area (Å²) < 4.78 is 36.4. The molecule has 2 heterocycles. The maximum absolute atomic E-state index is 12.4. The van der Waals surface area contributed by atoms with Crippen LogP contribution in [0.3, 0.4) is 0 Å². The Hall–Kier alpha value is -0.490. The van der Waals surface area contributed by atoms with Crippen LogP contribution in [0, 0.1) is 0 Å². The van der Waals surface area contributed by atoms with Crippen molar-refractivity contribution < 1.29 is 90.8 Å². The second kappa shape index (κ2) is 12.4.